The van der Waals surface area contributed by atoms with Gasteiger partial charge < -0.3 is 0 Å². The average Bonchev–Trinajstić information content (AvgIpc) is 2.30. The van der Waals surface area contributed by atoms with Gasteiger partial charge in [-0.1, -0.05) is 78.3 Å². The van der Waals surface area contributed by atoms with E-state index in [9.17, 15) is 0 Å². The third-order valence-electron chi connectivity index (χ3n) is 3.91. The standard InChI is InChI=1S/C19H34/c1-9-12-14-16(13-10-2)17(15-18(4,5)6)19(7,8)11-3/h9-10,12-14,17H,11,15H2,1-8H3. The van der Waals surface area contributed by atoms with E-state index in [1.165, 1.54) is 18.4 Å². The molecule has 0 aliphatic carbocycles. The summed E-state index contributed by atoms with van der Waals surface area (Å²) in [4.78, 5) is 0. The Labute approximate surface area is 121 Å². The topological polar surface area (TPSA) is 0 Å². The molecule has 0 heteroatoms. The lowest BCUT2D eigenvalue weighted by molar-refractivity contribution is 0.174. The molecular formula is C19H34. The van der Waals surface area contributed by atoms with Gasteiger partial charge >= 0.3 is 0 Å². The van der Waals surface area contributed by atoms with Crippen molar-refractivity contribution in [2.45, 2.75) is 68.2 Å². The molecular weight excluding hydrogens is 228 g/mol. The van der Waals surface area contributed by atoms with Crippen LogP contribution in [0.1, 0.15) is 68.2 Å². The normalized spacial score (nSPS) is 16.5. The molecule has 0 heterocycles. The van der Waals surface area contributed by atoms with Gasteiger partial charge in [-0.05, 0) is 42.6 Å². The Hall–Kier alpha value is -0.780. The zero-order valence-electron chi connectivity index (χ0n) is 14.4. The van der Waals surface area contributed by atoms with Crippen LogP contribution in [0.2, 0.25) is 0 Å². The predicted octanol–water partition coefficient (Wildman–Crippen LogP) is 6.55. The third-order valence-corrected chi connectivity index (χ3v) is 3.91. The maximum atomic E-state index is 2.40. The minimum atomic E-state index is 0.334. The van der Waals surface area contributed by atoms with E-state index >= 15 is 0 Å². The van der Waals surface area contributed by atoms with Gasteiger partial charge in [-0.25, -0.2) is 0 Å². The molecule has 1 atom stereocenters. The quantitative estimate of drug-likeness (QED) is 0.476. The second kappa shape index (κ2) is 7.72. The van der Waals surface area contributed by atoms with Gasteiger partial charge in [0.05, 0.1) is 0 Å². The van der Waals surface area contributed by atoms with Crippen molar-refractivity contribution < 1.29 is 0 Å². The summed E-state index contributed by atoms with van der Waals surface area (Å²) in [6.07, 6.45) is 13.4. The molecule has 1 unspecified atom stereocenters. The second-order valence-corrected chi connectivity index (χ2v) is 7.35. The molecule has 19 heavy (non-hydrogen) atoms. The van der Waals surface area contributed by atoms with Gasteiger partial charge in [-0.2, -0.15) is 0 Å². The number of rotatable bonds is 6. The lowest BCUT2D eigenvalue weighted by Gasteiger charge is -2.38. The van der Waals surface area contributed by atoms with Gasteiger partial charge in [0.2, 0.25) is 0 Å². The van der Waals surface area contributed by atoms with Gasteiger partial charge in [0.15, 0.2) is 0 Å². The van der Waals surface area contributed by atoms with E-state index in [-0.39, 0.29) is 0 Å². The molecule has 0 aromatic carbocycles. The van der Waals surface area contributed by atoms with Crippen LogP contribution in [0.5, 0.6) is 0 Å². The van der Waals surface area contributed by atoms with Gasteiger partial charge in [-0.15, -0.1) is 0 Å². The van der Waals surface area contributed by atoms with Crippen molar-refractivity contribution in [3.63, 3.8) is 0 Å². The first-order chi connectivity index (χ1) is 8.68. The van der Waals surface area contributed by atoms with E-state index in [1.807, 2.05) is 0 Å². The Morgan fingerprint density at radius 3 is 1.95 bits per heavy atom. The Bertz CT molecular complexity index is 332. The first-order valence-corrected chi connectivity index (χ1v) is 7.63. The van der Waals surface area contributed by atoms with E-state index in [1.54, 1.807) is 0 Å². The van der Waals surface area contributed by atoms with Crippen LogP contribution in [-0.2, 0) is 0 Å². The summed E-state index contributed by atoms with van der Waals surface area (Å²) >= 11 is 0. The summed E-state index contributed by atoms with van der Waals surface area (Å²) < 4.78 is 0. The fraction of sp³-hybridized carbons (Fsp3) is 0.684. The molecule has 0 aliphatic heterocycles. The molecule has 0 spiro atoms. The van der Waals surface area contributed by atoms with Crippen molar-refractivity contribution in [3.05, 3.63) is 36.0 Å². The van der Waals surface area contributed by atoms with Crippen molar-refractivity contribution in [2.24, 2.45) is 16.7 Å². The fourth-order valence-electron chi connectivity index (χ4n) is 2.39. The molecule has 0 N–H and O–H groups in total. The number of hydrogen-bond acceptors (Lipinski definition) is 0. The molecule has 0 saturated carbocycles. The van der Waals surface area contributed by atoms with Crippen LogP contribution in [-0.4, -0.2) is 0 Å². The molecule has 0 aliphatic rings. The number of allylic oxidation sites excluding steroid dienone is 6. The highest BCUT2D eigenvalue weighted by Gasteiger charge is 2.32. The predicted molar refractivity (Wildman–Crippen MR) is 89.3 cm³/mol. The monoisotopic (exact) mass is 262 g/mol. The summed E-state index contributed by atoms with van der Waals surface area (Å²) in [5, 5.41) is 0. The molecule has 110 valence electrons. The number of hydrogen-bond donors (Lipinski definition) is 0. The van der Waals surface area contributed by atoms with Crippen molar-refractivity contribution in [2.75, 3.05) is 0 Å². The first kappa shape index (κ1) is 18.2. The summed E-state index contributed by atoms with van der Waals surface area (Å²) in [6, 6.07) is 0. The maximum absolute atomic E-state index is 2.40. The molecule has 0 saturated heterocycles. The highest BCUT2D eigenvalue weighted by atomic mass is 14.4. The molecule has 0 fully saturated rings. The Morgan fingerprint density at radius 1 is 1.00 bits per heavy atom. The molecule has 0 bridgehead atoms. The van der Waals surface area contributed by atoms with Gasteiger partial charge in [0.25, 0.3) is 0 Å². The first-order valence-electron chi connectivity index (χ1n) is 7.63. The minimum absolute atomic E-state index is 0.334. The lowest BCUT2D eigenvalue weighted by Crippen LogP contribution is -2.28. The highest BCUT2D eigenvalue weighted by Crippen LogP contribution is 2.43. The Morgan fingerprint density at radius 2 is 1.58 bits per heavy atom. The van der Waals surface area contributed by atoms with Crippen LogP contribution in [0, 0.1) is 16.7 Å². The van der Waals surface area contributed by atoms with Crippen molar-refractivity contribution in [3.8, 4) is 0 Å². The summed E-state index contributed by atoms with van der Waals surface area (Å²) in [7, 11) is 0. The summed E-state index contributed by atoms with van der Waals surface area (Å²) in [5.74, 6) is 0.602. The van der Waals surface area contributed by atoms with Crippen LogP contribution in [0.3, 0.4) is 0 Å². The molecule has 0 aromatic rings. The maximum Gasteiger partial charge on any atom is -0.0106 e. The van der Waals surface area contributed by atoms with E-state index < -0.39 is 0 Å². The van der Waals surface area contributed by atoms with Crippen LogP contribution < -0.4 is 0 Å². The fourth-order valence-corrected chi connectivity index (χ4v) is 2.39. The Balaban J connectivity index is 5.53. The Kier molecular flexibility index (Phi) is 7.41. The van der Waals surface area contributed by atoms with Gasteiger partial charge in [0, 0.05) is 0 Å². The van der Waals surface area contributed by atoms with Crippen LogP contribution in [0.15, 0.2) is 36.0 Å². The third kappa shape index (κ3) is 6.80. The van der Waals surface area contributed by atoms with Crippen LogP contribution in [0.25, 0.3) is 0 Å². The van der Waals surface area contributed by atoms with E-state index in [2.05, 4.69) is 85.8 Å². The minimum Gasteiger partial charge on any atom is -0.0877 e. The van der Waals surface area contributed by atoms with Crippen LogP contribution >= 0.6 is 0 Å². The average molecular weight is 262 g/mol. The highest BCUT2D eigenvalue weighted by molar-refractivity contribution is 5.28. The molecule has 0 rings (SSSR count). The van der Waals surface area contributed by atoms with Crippen molar-refractivity contribution in [1.29, 1.82) is 0 Å². The van der Waals surface area contributed by atoms with Crippen molar-refractivity contribution in [1.82, 2.24) is 0 Å². The zero-order chi connectivity index (χ0) is 15.1. The lowest BCUT2D eigenvalue weighted by atomic mass is 9.66. The SMILES string of the molecule is CC=CC=C(C=CC)C(CC(C)(C)C)C(C)(C)CC. The molecule has 0 aromatic heterocycles. The summed E-state index contributed by atoms with van der Waals surface area (Å²) in [6.45, 7) is 18.3. The van der Waals surface area contributed by atoms with Gasteiger partial charge in [0.1, 0.15) is 0 Å². The molecule has 0 nitrogen and oxygen atoms in total. The van der Waals surface area contributed by atoms with Crippen molar-refractivity contribution >= 4 is 0 Å². The smallest absolute Gasteiger partial charge is 0.0106 e. The van der Waals surface area contributed by atoms with Gasteiger partial charge in [-0.3, -0.25) is 0 Å². The molecule has 0 radical (unpaired) electrons. The molecule has 0 amide bonds. The van der Waals surface area contributed by atoms with E-state index in [0.717, 1.165) is 0 Å². The van der Waals surface area contributed by atoms with E-state index in [4.69, 9.17) is 0 Å². The second-order valence-electron chi connectivity index (χ2n) is 7.35. The zero-order valence-corrected chi connectivity index (χ0v) is 14.4. The van der Waals surface area contributed by atoms with E-state index in [0.29, 0.717) is 16.7 Å². The van der Waals surface area contributed by atoms with Crippen LogP contribution in [0.4, 0.5) is 0 Å². The summed E-state index contributed by atoms with van der Waals surface area (Å²) in [5.41, 5.74) is 2.15. The largest absolute Gasteiger partial charge is 0.0877 e.